The Morgan fingerprint density at radius 1 is 1.07 bits per heavy atom. The predicted molar refractivity (Wildman–Crippen MR) is 113 cm³/mol. The van der Waals surface area contributed by atoms with Crippen molar-refractivity contribution >= 4 is 51.2 Å². The maximum Gasteiger partial charge on any atom is 0.263 e. The first kappa shape index (κ1) is 17.5. The number of nitrogens with one attached hydrogen (secondary N) is 2. The molecule has 1 aromatic heterocycles. The number of ether oxygens (including phenoxy) is 1. The van der Waals surface area contributed by atoms with E-state index in [1.54, 1.807) is 19.3 Å². The fourth-order valence-corrected chi connectivity index (χ4v) is 3.98. The monoisotopic (exact) mass is 394 g/mol. The van der Waals surface area contributed by atoms with Gasteiger partial charge in [0.2, 0.25) is 5.56 Å². The normalized spacial score (nSPS) is 15.4. The van der Waals surface area contributed by atoms with Crippen molar-refractivity contribution in [3.05, 3.63) is 69.4 Å². The molecule has 1 aliphatic rings. The van der Waals surface area contributed by atoms with E-state index in [1.165, 1.54) is 17.8 Å². The number of carbonyl (C=O) groups excluding carboxylic acids is 1. The number of methoxy groups -OCH3 is 1. The second-order valence-electron chi connectivity index (χ2n) is 5.94. The minimum atomic E-state index is -0.183. The van der Waals surface area contributed by atoms with Crippen LogP contribution in [0, 0.1) is 0 Å². The Kier molecular flexibility index (Phi) is 4.55. The number of aromatic amines is 1. The van der Waals surface area contributed by atoms with E-state index in [0.29, 0.717) is 9.23 Å². The van der Waals surface area contributed by atoms with Gasteiger partial charge in [-0.1, -0.05) is 36.1 Å². The number of pyridine rings is 1. The van der Waals surface area contributed by atoms with Crippen molar-refractivity contribution in [3.63, 3.8) is 0 Å². The molecular formula is C20H14N2O3S2. The second kappa shape index (κ2) is 7.02. The average molecular weight is 394 g/mol. The Morgan fingerprint density at radius 2 is 1.93 bits per heavy atom. The average Bonchev–Trinajstić information content (AvgIpc) is 2.98. The van der Waals surface area contributed by atoms with Crippen LogP contribution >= 0.6 is 24.0 Å². The molecule has 1 saturated heterocycles. The highest BCUT2D eigenvalue weighted by molar-refractivity contribution is 8.26. The van der Waals surface area contributed by atoms with Crippen LogP contribution in [0.15, 0.2) is 58.2 Å². The number of benzene rings is 2. The van der Waals surface area contributed by atoms with Crippen LogP contribution in [0.4, 0.5) is 0 Å². The number of thiocarbonyl (C=S) groups is 1. The van der Waals surface area contributed by atoms with Gasteiger partial charge < -0.3 is 15.0 Å². The molecule has 134 valence electrons. The summed E-state index contributed by atoms with van der Waals surface area (Å²) in [7, 11) is 1.62. The molecule has 0 spiro atoms. The van der Waals surface area contributed by atoms with Crippen LogP contribution in [0.3, 0.4) is 0 Å². The van der Waals surface area contributed by atoms with Gasteiger partial charge in [-0.3, -0.25) is 9.59 Å². The highest BCUT2D eigenvalue weighted by Crippen LogP contribution is 2.34. The number of fused-ring (bicyclic) bond motifs is 1. The Balaban J connectivity index is 1.81. The summed E-state index contributed by atoms with van der Waals surface area (Å²) < 4.78 is 5.97. The quantitative estimate of drug-likeness (QED) is 0.524. The van der Waals surface area contributed by atoms with Gasteiger partial charge in [0.25, 0.3) is 5.91 Å². The lowest BCUT2D eigenvalue weighted by atomic mass is 10.00. The molecule has 0 bridgehead atoms. The van der Waals surface area contributed by atoms with Gasteiger partial charge in [-0.25, -0.2) is 0 Å². The SMILES string of the molecule is COc1ccc(C=C2SC(=S)NC2=O)cc1-c1ccc2[nH]c(=O)ccc2c1. The largest absolute Gasteiger partial charge is 0.496 e. The summed E-state index contributed by atoms with van der Waals surface area (Å²) >= 11 is 6.28. The zero-order chi connectivity index (χ0) is 19.0. The fourth-order valence-electron chi connectivity index (χ4n) is 2.94. The summed E-state index contributed by atoms with van der Waals surface area (Å²) in [5.74, 6) is 0.539. The van der Waals surface area contributed by atoms with E-state index in [9.17, 15) is 9.59 Å². The predicted octanol–water partition coefficient (Wildman–Crippen LogP) is 3.69. The first-order valence-electron chi connectivity index (χ1n) is 8.10. The van der Waals surface area contributed by atoms with Crippen molar-refractivity contribution in [2.45, 2.75) is 0 Å². The summed E-state index contributed by atoms with van der Waals surface area (Å²) in [5, 5.41) is 3.54. The van der Waals surface area contributed by atoms with Crippen molar-refractivity contribution in [1.82, 2.24) is 10.3 Å². The van der Waals surface area contributed by atoms with Gasteiger partial charge >= 0.3 is 0 Å². The minimum absolute atomic E-state index is 0.133. The zero-order valence-corrected chi connectivity index (χ0v) is 15.9. The number of hydrogen-bond acceptors (Lipinski definition) is 5. The molecule has 2 heterocycles. The number of rotatable bonds is 3. The molecule has 4 rings (SSSR count). The van der Waals surface area contributed by atoms with Crippen molar-refractivity contribution < 1.29 is 9.53 Å². The van der Waals surface area contributed by atoms with E-state index in [0.717, 1.165) is 33.3 Å². The van der Waals surface area contributed by atoms with Gasteiger partial charge in [-0.05, 0) is 52.9 Å². The van der Waals surface area contributed by atoms with Gasteiger partial charge in [0.1, 0.15) is 10.1 Å². The first-order valence-corrected chi connectivity index (χ1v) is 9.32. The van der Waals surface area contributed by atoms with E-state index in [1.807, 2.05) is 36.4 Å². The van der Waals surface area contributed by atoms with Crippen molar-refractivity contribution in [2.24, 2.45) is 0 Å². The molecule has 2 aromatic carbocycles. The Morgan fingerprint density at radius 3 is 2.67 bits per heavy atom. The molecular weight excluding hydrogens is 380 g/mol. The summed E-state index contributed by atoms with van der Waals surface area (Å²) in [6, 6.07) is 14.8. The van der Waals surface area contributed by atoms with Gasteiger partial charge in [0, 0.05) is 17.1 Å². The minimum Gasteiger partial charge on any atom is -0.496 e. The standard InChI is InChI=1S/C20H14N2O3S2/c1-25-16-6-2-11(9-17-19(24)22-20(26)27-17)8-14(16)12-3-5-15-13(10-12)4-7-18(23)21-15/h2-10H,1H3,(H,21,23)(H,22,24,26). The third-order valence-electron chi connectivity index (χ3n) is 4.20. The van der Waals surface area contributed by atoms with Crippen molar-refractivity contribution in [2.75, 3.05) is 7.11 Å². The van der Waals surface area contributed by atoms with Crippen LogP contribution in [0.2, 0.25) is 0 Å². The number of carbonyl (C=O) groups is 1. The third kappa shape index (κ3) is 3.51. The molecule has 0 unspecified atom stereocenters. The van der Waals surface area contributed by atoms with Gasteiger partial charge in [-0.2, -0.15) is 0 Å². The Hall–Kier alpha value is -2.90. The molecule has 5 nitrogen and oxygen atoms in total. The van der Waals surface area contributed by atoms with Crippen LogP contribution in [0.25, 0.3) is 28.1 Å². The second-order valence-corrected chi connectivity index (χ2v) is 7.66. The number of H-pyrrole nitrogens is 1. The number of amides is 1. The molecule has 27 heavy (non-hydrogen) atoms. The molecule has 0 aliphatic carbocycles. The fraction of sp³-hybridized carbons (Fsp3) is 0.0500. The van der Waals surface area contributed by atoms with Crippen LogP contribution < -0.4 is 15.6 Å². The van der Waals surface area contributed by atoms with Crippen LogP contribution in [-0.4, -0.2) is 22.3 Å². The first-order chi connectivity index (χ1) is 13.0. The Labute approximate surface area is 164 Å². The molecule has 1 aliphatic heterocycles. The van der Waals surface area contributed by atoms with Crippen LogP contribution in [-0.2, 0) is 4.79 Å². The molecule has 1 amide bonds. The summed E-state index contributed by atoms with van der Waals surface area (Å²) in [6.45, 7) is 0. The van der Waals surface area contributed by atoms with Gasteiger partial charge in [0.05, 0.1) is 12.0 Å². The lowest BCUT2D eigenvalue weighted by molar-refractivity contribution is -0.115. The van der Waals surface area contributed by atoms with E-state index >= 15 is 0 Å². The third-order valence-corrected chi connectivity index (χ3v) is 5.36. The summed E-state index contributed by atoms with van der Waals surface area (Å²) in [5.41, 5.74) is 3.36. The zero-order valence-electron chi connectivity index (χ0n) is 14.2. The topological polar surface area (TPSA) is 71.2 Å². The highest BCUT2D eigenvalue weighted by atomic mass is 32.2. The van der Waals surface area contributed by atoms with Crippen LogP contribution in [0.1, 0.15) is 5.56 Å². The molecule has 7 heteroatoms. The van der Waals surface area contributed by atoms with E-state index in [4.69, 9.17) is 17.0 Å². The smallest absolute Gasteiger partial charge is 0.263 e. The molecule has 0 atom stereocenters. The van der Waals surface area contributed by atoms with E-state index in [2.05, 4.69) is 10.3 Å². The van der Waals surface area contributed by atoms with Crippen molar-refractivity contribution in [3.8, 4) is 16.9 Å². The maximum absolute atomic E-state index is 11.9. The van der Waals surface area contributed by atoms with Crippen molar-refractivity contribution in [1.29, 1.82) is 0 Å². The molecule has 0 radical (unpaired) electrons. The van der Waals surface area contributed by atoms with Gasteiger partial charge in [-0.15, -0.1) is 0 Å². The number of hydrogen-bond donors (Lipinski definition) is 2. The number of aromatic nitrogens is 1. The van der Waals surface area contributed by atoms with Crippen LogP contribution in [0.5, 0.6) is 5.75 Å². The van der Waals surface area contributed by atoms with E-state index < -0.39 is 0 Å². The maximum atomic E-state index is 11.9. The Bertz CT molecular complexity index is 1180. The highest BCUT2D eigenvalue weighted by Gasteiger charge is 2.22. The summed E-state index contributed by atoms with van der Waals surface area (Å²) in [6.07, 6.45) is 1.81. The molecule has 1 fully saturated rings. The molecule has 2 N–H and O–H groups in total. The molecule has 3 aromatic rings. The number of thioether (sulfide) groups is 1. The summed E-state index contributed by atoms with van der Waals surface area (Å²) in [4.78, 5) is 26.7. The van der Waals surface area contributed by atoms with Gasteiger partial charge in [0.15, 0.2) is 0 Å². The lowest BCUT2D eigenvalue weighted by Crippen LogP contribution is -2.17. The molecule has 0 saturated carbocycles. The van der Waals surface area contributed by atoms with E-state index in [-0.39, 0.29) is 11.5 Å². The lowest BCUT2D eigenvalue weighted by Gasteiger charge is -2.11.